The lowest BCUT2D eigenvalue weighted by molar-refractivity contribution is -0.122. The Hall–Kier alpha value is -3.25. The Morgan fingerprint density at radius 2 is 1.72 bits per heavy atom. The van der Waals surface area contributed by atoms with Gasteiger partial charge < -0.3 is 14.6 Å². The van der Waals surface area contributed by atoms with Crippen LogP contribution in [-0.4, -0.2) is 36.3 Å². The fourth-order valence-electron chi connectivity index (χ4n) is 3.38. The van der Waals surface area contributed by atoms with Gasteiger partial charge in [0.2, 0.25) is 0 Å². The number of hydrogen-bond donors (Lipinski definition) is 1. The highest BCUT2D eigenvalue weighted by molar-refractivity contribution is 7.98. The molecule has 0 unspecified atom stereocenters. The second-order valence-electron chi connectivity index (χ2n) is 7.68. The standard InChI is InChI=1S/C27H30O3S.C2H6.CH2O2/c1-5-21-11-13-25(24(18-21)27(28)22-9-7-6-8-10-22)30-20(3)15-16-29-23-12-14-26(31-4)19(2)17-23;1-2;2-1-3/h6-14,17-18,20H,5,15-16H2,1-4H3;1-2H3;1H,(H,2,3)/t20-;;/m1../s1. The van der Waals surface area contributed by atoms with E-state index in [4.69, 9.17) is 19.4 Å². The molecule has 0 aliphatic rings. The molecule has 0 aromatic heterocycles. The number of ketones is 1. The van der Waals surface area contributed by atoms with Crippen LogP contribution in [0.2, 0.25) is 0 Å². The van der Waals surface area contributed by atoms with Crippen LogP contribution in [0, 0.1) is 6.92 Å². The fourth-order valence-corrected chi connectivity index (χ4v) is 3.97. The van der Waals surface area contributed by atoms with Crippen LogP contribution in [-0.2, 0) is 11.2 Å². The molecule has 3 aromatic rings. The lowest BCUT2D eigenvalue weighted by Gasteiger charge is -2.18. The predicted molar refractivity (Wildman–Crippen MR) is 149 cm³/mol. The first-order chi connectivity index (χ1) is 17.4. The maximum Gasteiger partial charge on any atom is 0.290 e. The van der Waals surface area contributed by atoms with Gasteiger partial charge in [0.1, 0.15) is 11.5 Å². The molecule has 0 amide bonds. The van der Waals surface area contributed by atoms with Crippen LogP contribution in [0.1, 0.15) is 61.2 Å². The molecular formula is C30H38O5S. The third-order valence-corrected chi connectivity index (χ3v) is 6.12. The Morgan fingerprint density at radius 3 is 2.31 bits per heavy atom. The average Bonchev–Trinajstić information content (AvgIpc) is 2.91. The topological polar surface area (TPSA) is 72.8 Å². The van der Waals surface area contributed by atoms with E-state index in [1.807, 2.05) is 75.4 Å². The van der Waals surface area contributed by atoms with E-state index >= 15 is 0 Å². The number of ether oxygens (including phenoxy) is 2. The number of rotatable bonds is 10. The average molecular weight is 511 g/mol. The summed E-state index contributed by atoms with van der Waals surface area (Å²) in [5.74, 6) is 1.48. The maximum atomic E-state index is 13.1. The van der Waals surface area contributed by atoms with E-state index in [0.29, 0.717) is 23.5 Å². The largest absolute Gasteiger partial charge is 0.493 e. The van der Waals surface area contributed by atoms with E-state index in [2.05, 4.69) is 32.2 Å². The first kappa shape index (κ1) is 30.8. The fraction of sp³-hybridized carbons (Fsp3) is 0.333. The van der Waals surface area contributed by atoms with Gasteiger partial charge >= 0.3 is 0 Å². The van der Waals surface area contributed by atoms with Crippen LogP contribution in [0.4, 0.5) is 0 Å². The summed E-state index contributed by atoms with van der Waals surface area (Å²) >= 11 is 1.74. The van der Waals surface area contributed by atoms with Crippen LogP contribution in [0.5, 0.6) is 11.5 Å². The Morgan fingerprint density at radius 1 is 1.06 bits per heavy atom. The molecule has 0 spiro atoms. The van der Waals surface area contributed by atoms with Gasteiger partial charge in [-0.25, -0.2) is 0 Å². The van der Waals surface area contributed by atoms with E-state index in [9.17, 15) is 4.79 Å². The number of carboxylic acid groups (broad SMARTS) is 1. The van der Waals surface area contributed by atoms with E-state index in [-0.39, 0.29) is 18.4 Å². The first-order valence-corrected chi connectivity index (χ1v) is 13.4. The normalized spacial score (nSPS) is 10.6. The van der Waals surface area contributed by atoms with E-state index in [1.54, 1.807) is 11.8 Å². The molecule has 0 heterocycles. The first-order valence-electron chi connectivity index (χ1n) is 12.2. The highest BCUT2D eigenvalue weighted by Gasteiger charge is 2.17. The van der Waals surface area contributed by atoms with Gasteiger partial charge in [0, 0.05) is 16.9 Å². The summed E-state index contributed by atoms with van der Waals surface area (Å²) in [5.41, 5.74) is 3.61. The highest BCUT2D eigenvalue weighted by Crippen LogP contribution is 2.26. The van der Waals surface area contributed by atoms with Crippen molar-refractivity contribution < 1.29 is 24.2 Å². The molecular weight excluding hydrogens is 472 g/mol. The number of carbonyl (C=O) groups is 2. The molecule has 194 valence electrons. The van der Waals surface area contributed by atoms with E-state index in [0.717, 1.165) is 24.2 Å². The molecule has 6 heteroatoms. The molecule has 1 N–H and O–H groups in total. The Bertz CT molecular complexity index is 1070. The van der Waals surface area contributed by atoms with Crippen LogP contribution < -0.4 is 9.47 Å². The zero-order valence-electron chi connectivity index (χ0n) is 22.1. The predicted octanol–water partition coefficient (Wildman–Crippen LogP) is 7.47. The number of hydrogen-bond acceptors (Lipinski definition) is 5. The van der Waals surface area contributed by atoms with Gasteiger partial charge in [0.05, 0.1) is 18.3 Å². The SMILES string of the molecule is CC.CCc1ccc(O[C@H](C)CCOc2ccc(SC)c(C)c2)c(C(=O)c2ccccc2)c1.O=CO. The maximum absolute atomic E-state index is 13.1. The number of aryl methyl sites for hydroxylation is 2. The van der Waals surface area contributed by atoms with Gasteiger partial charge in [-0.05, 0) is 68.0 Å². The molecule has 0 fully saturated rings. The quantitative estimate of drug-likeness (QED) is 0.173. The zero-order valence-corrected chi connectivity index (χ0v) is 22.9. The molecule has 0 bridgehead atoms. The highest BCUT2D eigenvalue weighted by atomic mass is 32.2. The van der Waals surface area contributed by atoms with Gasteiger partial charge in [0.15, 0.2) is 5.78 Å². The Labute approximate surface area is 219 Å². The van der Waals surface area contributed by atoms with Crippen molar-refractivity contribution in [3.8, 4) is 11.5 Å². The van der Waals surface area contributed by atoms with Crippen molar-refractivity contribution in [3.63, 3.8) is 0 Å². The Kier molecular flexibility index (Phi) is 14.7. The van der Waals surface area contributed by atoms with E-state index < -0.39 is 0 Å². The number of thioether (sulfide) groups is 1. The molecule has 0 aliphatic heterocycles. The second kappa shape index (κ2) is 17.2. The van der Waals surface area contributed by atoms with Crippen LogP contribution in [0.25, 0.3) is 0 Å². The summed E-state index contributed by atoms with van der Waals surface area (Å²) in [5, 5.41) is 6.89. The second-order valence-corrected chi connectivity index (χ2v) is 8.53. The van der Waals surface area contributed by atoms with Crippen molar-refractivity contribution in [2.75, 3.05) is 12.9 Å². The summed E-state index contributed by atoms with van der Waals surface area (Å²) in [7, 11) is 0. The van der Waals surface area contributed by atoms with Gasteiger partial charge in [0.25, 0.3) is 6.47 Å². The van der Waals surface area contributed by atoms with Gasteiger partial charge in [-0.3, -0.25) is 9.59 Å². The molecule has 0 saturated carbocycles. The Balaban J connectivity index is 0.00000120. The third-order valence-electron chi connectivity index (χ3n) is 5.22. The summed E-state index contributed by atoms with van der Waals surface area (Å²) in [6.07, 6.45) is 3.58. The molecule has 3 rings (SSSR count). The van der Waals surface area contributed by atoms with Crippen molar-refractivity contribution in [2.24, 2.45) is 0 Å². The molecule has 36 heavy (non-hydrogen) atoms. The third kappa shape index (κ3) is 9.78. The molecule has 1 atom stereocenters. The minimum absolute atomic E-state index is 0.0151. The molecule has 0 saturated heterocycles. The van der Waals surface area contributed by atoms with Gasteiger partial charge in [-0.15, -0.1) is 11.8 Å². The van der Waals surface area contributed by atoms with E-state index in [1.165, 1.54) is 10.5 Å². The van der Waals surface area contributed by atoms with Crippen LogP contribution in [0.15, 0.2) is 71.6 Å². The molecule has 5 nitrogen and oxygen atoms in total. The molecule has 0 aliphatic carbocycles. The van der Waals surface area contributed by atoms with Crippen molar-refractivity contribution in [3.05, 3.63) is 89.0 Å². The van der Waals surface area contributed by atoms with Gasteiger partial charge in [-0.1, -0.05) is 57.2 Å². The van der Waals surface area contributed by atoms with Gasteiger partial charge in [-0.2, -0.15) is 0 Å². The minimum Gasteiger partial charge on any atom is -0.493 e. The zero-order chi connectivity index (χ0) is 26.9. The van der Waals surface area contributed by atoms with Crippen molar-refractivity contribution in [2.45, 2.75) is 58.5 Å². The molecule has 0 radical (unpaired) electrons. The number of benzene rings is 3. The lowest BCUT2D eigenvalue weighted by atomic mass is 9.99. The smallest absolute Gasteiger partial charge is 0.290 e. The summed E-state index contributed by atoms with van der Waals surface area (Å²) in [4.78, 5) is 22.7. The number of carbonyl (C=O) groups excluding carboxylic acids is 1. The summed E-state index contributed by atoms with van der Waals surface area (Å²) in [6.45, 7) is 10.5. The lowest BCUT2D eigenvalue weighted by Crippen LogP contribution is -2.18. The minimum atomic E-state index is -0.250. The molecule has 3 aromatic carbocycles. The van der Waals surface area contributed by atoms with Crippen LogP contribution in [0.3, 0.4) is 0 Å². The summed E-state index contributed by atoms with van der Waals surface area (Å²) in [6, 6.07) is 21.4. The van der Waals surface area contributed by atoms with Crippen LogP contribution >= 0.6 is 11.8 Å². The van der Waals surface area contributed by atoms with Crippen molar-refractivity contribution in [1.82, 2.24) is 0 Å². The monoisotopic (exact) mass is 510 g/mol. The summed E-state index contributed by atoms with van der Waals surface area (Å²) < 4.78 is 12.1. The van der Waals surface area contributed by atoms with Crippen molar-refractivity contribution >= 4 is 24.0 Å². The van der Waals surface area contributed by atoms with Crippen molar-refractivity contribution in [1.29, 1.82) is 0 Å².